The fourth-order valence-corrected chi connectivity index (χ4v) is 3.34. The second kappa shape index (κ2) is 5.84. The van der Waals surface area contributed by atoms with Crippen LogP contribution in [0.2, 0.25) is 0 Å². The number of hydrogen-bond donors (Lipinski definition) is 1. The Hall–Kier alpha value is -1.91. The minimum absolute atomic E-state index is 0.0415. The number of nitrogens with one attached hydrogen (secondary N) is 1. The second-order valence-electron chi connectivity index (χ2n) is 4.70. The van der Waals surface area contributed by atoms with Gasteiger partial charge >= 0.3 is 128 Å². The third-order valence-corrected chi connectivity index (χ3v) is 4.47. The maximum atomic E-state index is 13.8. The molecule has 6 heteroatoms. The Kier molecular flexibility index (Phi) is 3.90. The molecular weight excluding hydrogens is 336 g/mol. The molecule has 1 heterocycles. The fraction of sp³-hybridized carbons (Fsp3) is 0.200. The summed E-state index contributed by atoms with van der Waals surface area (Å²) in [5.41, 5.74) is 3.61. The van der Waals surface area contributed by atoms with Gasteiger partial charge in [0.1, 0.15) is 0 Å². The van der Waals surface area contributed by atoms with Crippen molar-refractivity contribution in [2.45, 2.75) is 13.0 Å². The molecule has 108 valence electrons. The Morgan fingerprint density at radius 2 is 2.10 bits per heavy atom. The summed E-state index contributed by atoms with van der Waals surface area (Å²) < 4.78 is 27.5. The molecule has 1 atom stereocenters. The number of hydrogen-bond acceptors (Lipinski definition) is 4. The van der Waals surface area contributed by atoms with Gasteiger partial charge in [-0.05, 0) is 0 Å². The zero-order chi connectivity index (χ0) is 14.8. The molecule has 0 aliphatic rings. The zero-order valence-electron chi connectivity index (χ0n) is 11.6. The number of rotatable bonds is 4. The van der Waals surface area contributed by atoms with Crippen LogP contribution in [0, 0.1) is 5.82 Å². The molecule has 1 unspecified atom stereocenters. The summed E-state index contributed by atoms with van der Waals surface area (Å²) in [7, 11) is 1.46. The number of fused-ring (bicyclic) bond motifs is 1. The Morgan fingerprint density at radius 1 is 1.24 bits per heavy atom. The van der Waals surface area contributed by atoms with Gasteiger partial charge < -0.3 is 0 Å². The molecule has 0 saturated carbocycles. The van der Waals surface area contributed by atoms with Gasteiger partial charge in [-0.2, -0.15) is 0 Å². The molecule has 1 aromatic heterocycles. The van der Waals surface area contributed by atoms with Crippen LogP contribution < -0.4 is 10.1 Å². The van der Waals surface area contributed by atoms with Crippen molar-refractivity contribution in [2.24, 2.45) is 0 Å². The Bertz CT molecular complexity index is 774. The molecular formula is C15H14FN3OSe. The van der Waals surface area contributed by atoms with E-state index >= 15 is 0 Å². The molecule has 1 N–H and O–H groups in total. The number of halogens is 1. The molecule has 0 amide bonds. The molecule has 0 fully saturated rings. The number of methoxy groups -OCH3 is 1. The normalized spacial score (nSPS) is 12.3. The third-order valence-electron chi connectivity index (χ3n) is 3.33. The molecule has 0 aliphatic carbocycles. The van der Waals surface area contributed by atoms with Gasteiger partial charge in [-0.15, -0.1) is 0 Å². The Labute approximate surface area is 128 Å². The second-order valence-corrected chi connectivity index (χ2v) is 5.81. The van der Waals surface area contributed by atoms with E-state index in [4.69, 9.17) is 4.74 Å². The molecule has 3 aromatic rings. The van der Waals surface area contributed by atoms with Crippen LogP contribution in [0.5, 0.6) is 5.75 Å². The quantitative estimate of drug-likeness (QED) is 0.735. The van der Waals surface area contributed by atoms with E-state index in [1.807, 2.05) is 31.2 Å². The number of benzene rings is 2. The molecule has 2 aromatic carbocycles. The first-order valence-corrected chi connectivity index (χ1v) is 8.03. The van der Waals surface area contributed by atoms with Gasteiger partial charge in [-0.3, -0.25) is 0 Å². The molecule has 0 bridgehead atoms. The van der Waals surface area contributed by atoms with Crippen molar-refractivity contribution in [2.75, 3.05) is 12.4 Å². The van der Waals surface area contributed by atoms with Crippen molar-refractivity contribution in [1.82, 2.24) is 7.96 Å². The Morgan fingerprint density at radius 3 is 2.86 bits per heavy atom. The monoisotopic (exact) mass is 351 g/mol. The first-order chi connectivity index (χ1) is 10.2. The van der Waals surface area contributed by atoms with E-state index in [2.05, 4.69) is 13.3 Å². The van der Waals surface area contributed by atoms with Crippen LogP contribution in [-0.2, 0) is 0 Å². The first kappa shape index (κ1) is 14.0. The van der Waals surface area contributed by atoms with Crippen LogP contribution in [0.4, 0.5) is 10.1 Å². The van der Waals surface area contributed by atoms with Crippen molar-refractivity contribution < 1.29 is 9.13 Å². The minimum atomic E-state index is -0.357. The van der Waals surface area contributed by atoms with Crippen LogP contribution in [-0.4, -0.2) is 30.0 Å². The molecule has 0 spiro atoms. The van der Waals surface area contributed by atoms with Gasteiger partial charge in [-0.1, -0.05) is 0 Å². The number of anilines is 1. The van der Waals surface area contributed by atoms with Gasteiger partial charge in [0.2, 0.25) is 0 Å². The van der Waals surface area contributed by atoms with Gasteiger partial charge in [-0.25, -0.2) is 0 Å². The summed E-state index contributed by atoms with van der Waals surface area (Å²) in [6.45, 7) is 1.98. The van der Waals surface area contributed by atoms with Crippen LogP contribution in [0.25, 0.3) is 11.0 Å². The van der Waals surface area contributed by atoms with Crippen molar-refractivity contribution in [3.63, 3.8) is 0 Å². The van der Waals surface area contributed by atoms with E-state index in [9.17, 15) is 4.39 Å². The maximum absolute atomic E-state index is 13.8. The zero-order valence-corrected chi connectivity index (χ0v) is 13.3. The summed E-state index contributed by atoms with van der Waals surface area (Å²) in [6, 6.07) is 10.8. The molecule has 3 rings (SSSR count). The van der Waals surface area contributed by atoms with Gasteiger partial charge in [0, 0.05) is 0 Å². The Balaban J connectivity index is 1.87. The van der Waals surface area contributed by atoms with Crippen LogP contribution in [0.1, 0.15) is 18.5 Å². The summed E-state index contributed by atoms with van der Waals surface area (Å²) >= 11 is -0.0599. The standard InChI is InChI=1S/C15H14FN3OSe/c1-9(10-6-7-14(20-2)11(16)8-10)17-12-4-3-5-13-15(12)19-21-18-13/h3-9,17H,1-2H3. The fourth-order valence-electron chi connectivity index (χ4n) is 2.19. The molecule has 0 radical (unpaired) electrons. The third kappa shape index (κ3) is 2.77. The summed E-state index contributed by atoms with van der Waals surface area (Å²) in [4.78, 5) is 0. The van der Waals surface area contributed by atoms with E-state index in [-0.39, 0.29) is 32.6 Å². The van der Waals surface area contributed by atoms with E-state index in [1.165, 1.54) is 13.2 Å². The van der Waals surface area contributed by atoms with Crippen molar-refractivity contribution >= 4 is 31.7 Å². The molecule has 21 heavy (non-hydrogen) atoms. The van der Waals surface area contributed by atoms with Gasteiger partial charge in [0.25, 0.3) is 0 Å². The van der Waals surface area contributed by atoms with Gasteiger partial charge in [0.05, 0.1) is 0 Å². The van der Waals surface area contributed by atoms with Crippen molar-refractivity contribution in [3.05, 3.63) is 47.8 Å². The molecule has 4 nitrogen and oxygen atoms in total. The van der Waals surface area contributed by atoms with Crippen molar-refractivity contribution in [3.8, 4) is 5.75 Å². The topological polar surface area (TPSA) is 47.0 Å². The summed E-state index contributed by atoms with van der Waals surface area (Å²) in [6.07, 6.45) is 0. The van der Waals surface area contributed by atoms with Gasteiger partial charge in [0.15, 0.2) is 0 Å². The van der Waals surface area contributed by atoms with E-state index in [1.54, 1.807) is 6.07 Å². The van der Waals surface area contributed by atoms with E-state index in [0.29, 0.717) is 0 Å². The molecule has 0 saturated heterocycles. The number of aromatic nitrogens is 2. The van der Waals surface area contributed by atoms with E-state index < -0.39 is 0 Å². The SMILES string of the molecule is COc1ccc(C(C)Nc2cccc3n[se]nc23)cc1F. The average Bonchev–Trinajstić information content (AvgIpc) is 2.96. The first-order valence-electron chi connectivity index (χ1n) is 6.50. The van der Waals surface area contributed by atoms with Crippen LogP contribution >= 0.6 is 0 Å². The van der Waals surface area contributed by atoms with Crippen LogP contribution in [0.15, 0.2) is 36.4 Å². The van der Waals surface area contributed by atoms with Crippen LogP contribution in [0.3, 0.4) is 0 Å². The average molecular weight is 350 g/mol. The summed E-state index contributed by atoms with van der Waals surface area (Å²) in [5.74, 6) is -0.104. The number of nitrogens with zero attached hydrogens (tertiary/aromatic N) is 2. The molecule has 0 aliphatic heterocycles. The predicted octanol–water partition coefficient (Wildman–Crippen LogP) is 3.01. The summed E-state index contributed by atoms with van der Waals surface area (Å²) in [5, 5.41) is 3.37. The predicted molar refractivity (Wildman–Crippen MR) is 81.5 cm³/mol. The van der Waals surface area contributed by atoms with Crippen molar-refractivity contribution in [1.29, 1.82) is 0 Å². The van der Waals surface area contributed by atoms with E-state index in [0.717, 1.165) is 22.3 Å². The number of ether oxygens (including phenoxy) is 1.